The Kier molecular flexibility index (Phi) is 5.95. The minimum atomic E-state index is 0. The fraction of sp³-hybridized carbons (Fsp3) is 0. The second-order valence-electron chi connectivity index (χ2n) is 10.1. The number of nitrogens with one attached hydrogen (secondary N) is 6. The van der Waals surface area contributed by atoms with Crippen molar-refractivity contribution in [3.63, 3.8) is 0 Å². The zero-order valence-electron chi connectivity index (χ0n) is 22.0. The number of hydrogen-bond acceptors (Lipinski definition) is 5. The molecule has 5 heterocycles. The average molecular weight is 587 g/mol. The minimum Gasteiger partial charge on any atom is -0.870 e. The Morgan fingerprint density at radius 2 is 0.548 bits per heavy atom. The van der Waals surface area contributed by atoms with Gasteiger partial charge in [-0.3, -0.25) is 0 Å². The molecule has 1 aliphatic heterocycles. The summed E-state index contributed by atoms with van der Waals surface area (Å²) in [5.74, 6) is 6.55. The second kappa shape index (κ2) is 9.71. The number of fused-ring (bicyclic) bond motifs is 20. The molecular formula is C32H23N8OV-3. The number of nitrogens with zero attached hydrogens (tertiary/aromatic N) is 2. The van der Waals surface area contributed by atoms with Crippen LogP contribution in [0.4, 0.5) is 46.5 Å². The molecule has 9 rings (SSSR count). The van der Waals surface area contributed by atoms with Crippen molar-refractivity contribution in [3.05, 3.63) is 97.1 Å². The molecule has 0 atom stereocenters. The van der Waals surface area contributed by atoms with Crippen molar-refractivity contribution < 1.29 is 24.0 Å². The van der Waals surface area contributed by atoms with Crippen LogP contribution in [0.15, 0.2) is 97.1 Å². The molecule has 0 saturated heterocycles. The first-order valence-electron chi connectivity index (χ1n) is 13.2. The molecule has 1 radical (unpaired) electrons. The molecular weight excluding hydrogens is 563 g/mol. The van der Waals surface area contributed by atoms with Crippen molar-refractivity contribution in [2.45, 2.75) is 0 Å². The van der Waals surface area contributed by atoms with Crippen LogP contribution in [0.5, 0.6) is 0 Å². The second-order valence-corrected chi connectivity index (χ2v) is 10.1. The molecule has 205 valence electrons. The molecule has 9 nitrogen and oxygen atoms in total. The Balaban J connectivity index is 0.00000144. The van der Waals surface area contributed by atoms with Gasteiger partial charge in [0.05, 0.1) is 23.3 Å². The van der Waals surface area contributed by atoms with E-state index >= 15 is 0 Å². The number of benzene rings is 4. The third-order valence-corrected chi connectivity index (χ3v) is 7.73. The third kappa shape index (κ3) is 3.76. The van der Waals surface area contributed by atoms with Gasteiger partial charge in [-0.05, 0) is 21.5 Å². The number of rotatable bonds is 0. The van der Waals surface area contributed by atoms with Crippen LogP contribution in [-0.4, -0.2) is 15.4 Å². The molecule has 4 aromatic carbocycles. The molecule has 1 aliphatic rings. The molecule has 0 unspecified atom stereocenters. The van der Waals surface area contributed by atoms with E-state index in [0.29, 0.717) is 0 Å². The van der Waals surface area contributed by atoms with E-state index in [1.807, 2.05) is 48.5 Å². The molecule has 42 heavy (non-hydrogen) atoms. The number of aromatic nitrogens is 4. The smallest absolute Gasteiger partial charge is 0.0585 e. The van der Waals surface area contributed by atoms with Crippen molar-refractivity contribution in [2.75, 3.05) is 21.3 Å². The van der Waals surface area contributed by atoms with Gasteiger partial charge >= 0.3 is 0 Å². The van der Waals surface area contributed by atoms with Crippen LogP contribution in [0.3, 0.4) is 0 Å². The van der Waals surface area contributed by atoms with Crippen LogP contribution in [0.2, 0.25) is 0 Å². The molecule has 4 aromatic heterocycles. The van der Waals surface area contributed by atoms with E-state index in [0.717, 1.165) is 89.6 Å². The largest absolute Gasteiger partial charge is 0.870 e. The fourth-order valence-corrected chi connectivity index (χ4v) is 5.86. The van der Waals surface area contributed by atoms with Crippen LogP contribution in [-0.2, 0) is 18.6 Å². The summed E-state index contributed by atoms with van der Waals surface area (Å²) in [6, 6.07) is 33.1. The zero-order valence-corrected chi connectivity index (χ0v) is 23.4. The van der Waals surface area contributed by atoms with Gasteiger partial charge in [-0.1, -0.05) is 97.1 Å². The van der Waals surface area contributed by atoms with Crippen molar-refractivity contribution in [1.82, 2.24) is 19.9 Å². The van der Waals surface area contributed by atoms with E-state index in [9.17, 15) is 0 Å². The molecule has 8 aromatic rings. The van der Waals surface area contributed by atoms with Gasteiger partial charge in [0, 0.05) is 63.4 Å². The van der Waals surface area contributed by atoms with Gasteiger partial charge in [0.25, 0.3) is 0 Å². The number of hydrogen-bond donors (Lipinski definition) is 6. The van der Waals surface area contributed by atoms with Crippen molar-refractivity contribution in [2.24, 2.45) is 0 Å². The predicted octanol–water partition coefficient (Wildman–Crippen LogP) is 7.98. The SMILES string of the molecule is [OH-].[V].c1ccc2c3[n-]c(c2c1)Nc1[nH]c(c2ccccc12)Nc1[n-]c(c2ccccc12)Nc1[nH]c(c2ccccc12)N3. The van der Waals surface area contributed by atoms with Crippen LogP contribution in [0.1, 0.15) is 0 Å². The summed E-state index contributed by atoms with van der Waals surface area (Å²) in [6.07, 6.45) is 0. The van der Waals surface area contributed by atoms with Gasteiger partial charge in [-0.25, -0.2) is 0 Å². The third-order valence-electron chi connectivity index (χ3n) is 7.73. The Morgan fingerprint density at radius 3 is 0.786 bits per heavy atom. The molecule has 10 heteroatoms. The summed E-state index contributed by atoms with van der Waals surface area (Å²) in [7, 11) is 0. The van der Waals surface area contributed by atoms with E-state index in [4.69, 9.17) is 9.97 Å². The molecule has 0 spiro atoms. The average Bonchev–Trinajstić information content (AvgIpc) is 3.73. The van der Waals surface area contributed by atoms with E-state index in [1.165, 1.54) is 0 Å². The predicted molar refractivity (Wildman–Crippen MR) is 166 cm³/mol. The number of anilines is 8. The quantitative estimate of drug-likeness (QED) is 0.106. The first-order valence-corrected chi connectivity index (χ1v) is 13.2. The minimum absolute atomic E-state index is 0. The van der Waals surface area contributed by atoms with Crippen LogP contribution >= 0.6 is 0 Å². The van der Waals surface area contributed by atoms with Crippen molar-refractivity contribution in [1.29, 1.82) is 0 Å². The van der Waals surface area contributed by atoms with Crippen LogP contribution in [0.25, 0.3) is 43.1 Å². The van der Waals surface area contributed by atoms with Crippen LogP contribution in [0, 0.1) is 0 Å². The van der Waals surface area contributed by atoms with Crippen molar-refractivity contribution in [3.8, 4) is 0 Å². The van der Waals surface area contributed by atoms with E-state index in [2.05, 4.69) is 79.8 Å². The molecule has 7 N–H and O–H groups in total. The maximum Gasteiger partial charge on any atom is 0.0585 e. The first kappa shape index (κ1) is 25.7. The van der Waals surface area contributed by atoms with E-state index in [1.54, 1.807) is 0 Å². The zero-order chi connectivity index (χ0) is 26.2. The summed E-state index contributed by atoms with van der Waals surface area (Å²) in [6.45, 7) is 0. The van der Waals surface area contributed by atoms with Gasteiger partial charge < -0.3 is 46.7 Å². The standard InChI is InChI=1S/C32H22N8.H2O.V/c1-2-10-18-17(9-1)25-33-26(18)38-28-21-13-5-6-14-22(21)30(35-28)40-32-24-16-8-7-15-23(24)31(36-32)39-29-20-12-4-3-11-19(20)27(34-29)37-25;;/h1-16,33,36-40H;1H2;/q-2;;/p-1. The summed E-state index contributed by atoms with van der Waals surface area (Å²) < 4.78 is 0. The first-order chi connectivity index (χ1) is 19.8. The molecule has 8 bridgehead atoms. The number of aromatic amines is 2. The maximum absolute atomic E-state index is 5.04. The maximum atomic E-state index is 5.04. The van der Waals surface area contributed by atoms with Gasteiger partial charge in [0.15, 0.2) is 0 Å². The Morgan fingerprint density at radius 1 is 0.333 bits per heavy atom. The molecule has 0 aliphatic carbocycles. The Labute approximate surface area is 251 Å². The fourth-order valence-electron chi connectivity index (χ4n) is 5.86. The normalized spacial score (nSPS) is 12.2. The summed E-state index contributed by atoms with van der Waals surface area (Å²) >= 11 is 0. The van der Waals surface area contributed by atoms with E-state index in [-0.39, 0.29) is 24.0 Å². The van der Waals surface area contributed by atoms with Gasteiger partial charge in [-0.2, -0.15) is 0 Å². The van der Waals surface area contributed by atoms with E-state index < -0.39 is 0 Å². The summed E-state index contributed by atoms with van der Waals surface area (Å²) in [4.78, 5) is 17.2. The summed E-state index contributed by atoms with van der Waals surface area (Å²) in [5.41, 5.74) is 0. The molecule has 0 saturated carbocycles. The van der Waals surface area contributed by atoms with Gasteiger partial charge in [0.1, 0.15) is 0 Å². The molecule has 0 amide bonds. The number of H-pyrrole nitrogens is 2. The Bertz CT molecular complexity index is 1790. The Hall–Kier alpha value is -5.22. The summed E-state index contributed by atoms with van der Waals surface area (Å²) in [5, 5.41) is 22.8. The monoisotopic (exact) mass is 586 g/mol. The topological polar surface area (TPSA) is 138 Å². The molecule has 0 fully saturated rings. The van der Waals surface area contributed by atoms with Gasteiger partial charge in [0.2, 0.25) is 0 Å². The van der Waals surface area contributed by atoms with Crippen molar-refractivity contribution >= 4 is 89.6 Å². The van der Waals surface area contributed by atoms with Crippen LogP contribution < -0.4 is 31.2 Å². The van der Waals surface area contributed by atoms with Gasteiger partial charge in [-0.15, -0.1) is 0 Å².